The molecular weight excluding hydrogens is 220 g/mol. The zero-order valence-electron chi connectivity index (χ0n) is 9.60. The van der Waals surface area contributed by atoms with E-state index in [0.717, 1.165) is 30.2 Å². The van der Waals surface area contributed by atoms with E-state index in [1.165, 1.54) is 4.88 Å². The van der Waals surface area contributed by atoms with Crippen molar-refractivity contribution >= 4 is 11.3 Å². The van der Waals surface area contributed by atoms with Crippen LogP contribution in [0.3, 0.4) is 0 Å². The zero-order valence-corrected chi connectivity index (χ0v) is 10.4. The first-order valence-corrected chi connectivity index (χ1v) is 6.33. The van der Waals surface area contributed by atoms with Crippen molar-refractivity contribution in [3.8, 4) is 10.6 Å². The molecule has 5 heteroatoms. The van der Waals surface area contributed by atoms with Crippen LogP contribution in [0.5, 0.6) is 0 Å². The lowest BCUT2D eigenvalue weighted by atomic mass is 10.4. The molecule has 1 N–H and O–H groups in total. The van der Waals surface area contributed by atoms with Gasteiger partial charge in [-0.3, -0.25) is 4.68 Å². The van der Waals surface area contributed by atoms with Crippen LogP contribution in [0.2, 0.25) is 0 Å². The molecule has 2 aromatic heterocycles. The summed E-state index contributed by atoms with van der Waals surface area (Å²) in [6, 6.07) is 0. The molecule has 0 aliphatic rings. The van der Waals surface area contributed by atoms with Crippen molar-refractivity contribution in [3.63, 3.8) is 0 Å². The van der Waals surface area contributed by atoms with Crippen LogP contribution in [0.1, 0.15) is 18.7 Å². The standard InChI is InChI=1S/C11H16N4S/c1-3-12-6-10-7-13-11(16-10)9-5-14-15(4-2)8-9/h5,7-8,12H,3-4,6H2,1-2H3. The molecule has 0 unspecified atom stereocenters. The molecule has 2 heterocycles. The van der Waals surface area contributed by atoms with Gasteiger partial charge in [0.1, 0.15) is 5.01 Å². The van der Waals surface area contributed by atoms with E-state index < -0.39 is 0 Å². The number of aryl methyl sites for hydroxylation is 1. The van der Waals surface area contributed by atoms with Gasteiger partial charge in [-0.15, -0.1) is 11.3 Å². The third kappa shape index (κ3) is 2.48. The Bertz CT molecular complexity index is 446. The fourth-order valence-electron chi connectivity index (χ4n) is 1.42. The third-order valence-electron chi connectivity index (χ3n) is 2.31. The molecule has 0 saturated carbocycles. The van der Waals surface area contributed by atoms with Crippen molar-refractivity contribution < 1.29 is 0 Å². The zero-order chi connectivity index (χ0) is 11.4. The number of rotatable bonds is 5. The molecule has 0 fully saturated rings. The van der Waals surface area contributed by atoms with Gasteiger partial charge in [-0.25, -0.2) is 4.98 Å². The smallest absolute Gasteiger partial charge is 0.126 e. The summed E-state index contributed by atoms with van der Waals surface area (Å²) in [4.78, 5) is 5.68. The number of aromatic nitrogens is 3. The van der Waals surface area contributed by atoms with Crippen LogP contribution in [0.25, 0.3) is 10.6 Å². The van der Waals surface area contributed by atoms with Gasteiger partial charge in [-0.05, 0) is 13.5 Å². The van der Waals surface area contributed by atoms with Crippen molar-refractivity contribution in [2.45, 2.75) is 26.9 Å². The Hall–Kier alpha value is -1.20. The van der Waals surface area contributed by atoms with E-state index in [-0.39, 0.29) is 0 Å². The lowest BCUT2D eigenvalue weighted by Gasteiger charge is -1.94. The Morgan fingerprint density at radius 1 is 1.38 bits per heavy atom. The first-order chi connectivity index (χ1) is 7.83. The molecule has 16 heavy (non-hydrogen) atoms. The second-order valence-electron chi connectivity index (χ2n) is 3.50. The predicted octanol–water partition coefficient (Wildman–Crippen LogP) is 2.14. The molecule has 0 aliphatic heterocycles. The summed E-state index contributed by atoms with van der Waals surface area (Å²) >= 11 is 1.72. The summed E-state index contributed by atoms with van der Waals surface area (Å²) in [7, 11) is 0. The van der Waals surface area contributed by atoms with Gasteiger partial charge >= 0.3 is 0 Å². The minimum absolute atomic E-state index is 0.898. The minimum atomic E-state index is 0.898. The van der Waals surface area contributed by atoms with Crippen LogP contribution >= 0.6 is 11.3 Å². The SMILES string of the molecule is CCNCc1cnc(-c2cnn(CC)c2)s1. The Kier molecular flexibility index (Phi) is 3.69. The van der Waals surface area contributed by atoms with E-state index >= 15 is 0 Å². The molecule has 0 aliphatic carbocycles. The molecule has 0 saturated heterocycles. The molecule has 0 bridgehead atoms. The maximum atomic E-state index is 4.41. The first kappa shape index (κ1) is 11.3. The van der Waals surface area contributed by atoms with Crippen molar-refractivity contribution in [3.05, 3.63) is 23.5 Å². The molecular formula is C11H16N4S. The Morgan fingerprint density at radius 3 is 2.94 bits per heavy atom. The Balaban J connectivity index is 2.11. The van der Waals surface area contributed by atoms with Crippen LogP contribution in [-0.2, 0) is 13.1 Å². The minimum Gasteiger partial charge on any atom is -0.312 e. The van der Waals surface area contributed by atoms with Crippen molar-refractivity contribution in [2.75, 3.05) is 6.54 Å². The van der Waals surface area contributed by atoms with Crippen LogP contribution in [-0.4, -0.2) is 21.3 Å². The normalized spacial score (nSPS) is 10.9. The lowest BCUT2D eigenvalue weighted by molar-refractivity contribution is 0.660. The number of nitrogens with one attached hydrogen (secondary N) is 1. The molecule has 4 nitrogen and oxygen atoms in total. The second kappa shape index (κ2) is 5.23. The summed E-state index contributed by atoms with van der Waals surface area (Å²) < 4.78 is 1.92. The number of hydrogen-bond donors (Lipinski definition) is 1. The fraction of sp³-hybridized carbons (Fsp3) is 0.455. The molecule has 2 rings (SSSR count). The van der Waals surface area contributed by atoms with Crippen molar-refractivity contribution in [2.24, 2.45) is 0 Å². The highest BCUT2D eigenvalue weighted by molar-refractivity contribution is 7.15. The molecule has 0 spiro atoms. The Labute approximate surface area is 99.3 Å². The summed E-state index contributed by atoms with van der Waals surface area (Å²) in [5, 5.41) is 8.59. The molecule has 86 valence electrons. The van der Waals surface area contributed by atoms with E-state index in [4.69, 9.17) is 0 Å². The molecule has 0 aromatic carbocycles. The van der Waals surface area contributed by atoms with E-state index in [1.54, 1.807) is 11.3 Å². The highest BCUT2D eigenvalue weighted by Crippen LogP contribution is 2.24. The lowest BCUT2D eigenvalue weighted by Crippen LogP contribution is -2.10. The van der Waals surface area contributed by atoms with Gasteiger partial charge in [-0.2, -0.15) is 5.10 Å². The number of hydrogen-bond acceptors (Lipinski definition) is 4. The van der Waals surface area contributed by atoms with Crippen LogP contribution in [0.15, 0.2) is 18.6 Å². The summed E-state index contributed by atoms with van der Waals surface area (Å²) in [5.74, 6) is 0. The van der Waals surface area contributed by atoms with Crippen LogP contribution in [0.4, 0.5) is 0 Å². The van der Waals surface area contributed by atoms with E-state index in [1.807, 2.05) is 23.3 Å². The average molecular weight is 236 g/mol. The van der Waals surface area contributed by atoms with Gasteiger partial charge in [0.05, 0.1) is 6.20 Å². The van der Waals surface area contributed by atoms with Crippen LogP contribution < -0.4 is 5.32 Å². The topological polar surface area (TPSA) is 42.7 Å². The quantitative estimate of drug-likeness (QED) is 0.865. The summed E-state index contributed by atoms with van der Waals surface area (Å²) in [5.41, 5.74) is 1.11. The van der Waals surface area contributed by atoms with E-state index in [0.29, 0.717) is 0 Å². The number of thiazole rings is 1. The van der Waals surface area contributed by atoms with Crippen LogP contribution in [0, 0.1) is 0 Å². The average Bonchev–Trinajstić information content (AvgIpc) is 2.94. The summed E-state index contributed by atoms with van der Waals surface area (Å²) in [6.45, 7) is 6.97. The van der Waals surface area contributed by atoms with Gasteiger partial charge in [0.15, 0.2) is 0 Å². The van der Waals surface area contributed by atoms with Gasteiger partial charge in [0.2, 0.25) is 0 Å². The predicted molar refractivity (Wildman–Crippen MR) is 66.4 cm³/mol. The van der Waals surface area contributed by atoms with Gasteiger partial charge in [0, 0.05) is 35.9 Å². The second-order valence-corrected chi connectivity index (χ2v) is 4.61. The van der Waals surface area contributed by atoms with Crippen molar-refractivity contribution in [1.82, 2.24) is 20.1 Å². The van der Waals surface area contributed by atoms with Gasteiger partial charge < -0.3 is 5.32 Å². The molecule has 0 atom stereocenters. The highest BCUT2D eigenvalue weighted by Gasteiger charge is 2.06. The maximum absolute atomic E-state index is 4.41. The third-order valence-corrected chi connectivity index (χ3v) is 3.35. The Morgan fingerprint density at radius 2 is 2.25 bits per heavy atom. The molecule has 0 amide bonds. The molecule has 2 aromatic rings. The summed E-state index contributed by atoms with van der Waals surface area (Å²) in [6.07, 6.45) is 5.85. The number of nitrogens with zero attached hydrogens (tertiary/aromatic N) is 3. The fourth-order valence-corrected chi connectivity index (χ4v) is 2.27. The van der Waals surface area contributed by atoms with E-state index in [2.05, 4.69) is 29.2 Å². The monoisotopic (exact) mass is 236 g/mol. The maximum Gasteiger partial charge on any atom is 0.126 e. The first-order valence-electron chi connectivity index (χ1n) is 5.51. The van der Waals surface area contributed by atoms with Crippen molar-refractivity contribution in [1.29, 1.82) is 0 Å². The largest absolute Gasteiger partial charge is 0.312 e. The molecule has 0 radical (unpaired) electrons. The highest BCUT2D eigenvalue weighted by atomic mass is 32.1. The van der Waals surface area contributed by atoms with Gasteiger partial charge in [-0.1, -0.05) is 6.92 Å². The van der Waals surface area contributed by atoms with E-state index in [9.17, 15) is 0 Å². The van der Waals surface area contributed by atoms with Gasteiger partial charge in [0.25, 0.3) is 0 Å².